The van der Waals surface area contributed by atoms with Gasteiger partial charge in [0, 0.05) is 10.9 Å². The average molecular weight is 262 g/mol. The van der Waals surface area contributed by atoms with Crippen molar-refractivity contribution in [3.05, 3.63) is 77.6 Å². The highest BCUT2D eigenvalue weighted by atomic mass is 16.3. The zero-order chi connectivity index (χ0) is 13.9. The Morgan fingerprint density at radius 2 is 1.85 bits per heavy atom. The summed E-state index contributed by atoms with van der Waals surface area (Å²) in [6.45, 7) is 2.04. The van der Waals surface area contributed by atoms with E-state index in [0.29, 0.717) is 5.56 Å². The number of aryl methyl sites for hydroxylation is 1. The zero-order valence-electron chi connectivity index (χ0n) is 11.2. The molecular formula is C18H14O2. The molecule has 0 aliphatic rings. The van der Waals surface area contributed by atoms with Gasteiger partial charge in [-0.05, 0) is 42.8 Å². The van der Waals surface area contributed by atoms with Gasteiger partial charge in [-0.3, -0.25) is 4.79 Å². The number of carbonyl (C=O) groups excluding carboxylic acids is 1. The lowest BCUT2D eigenvalue weighted by Gasteiger charge is -1.97. The first-order valence-electron chi connectivity index (χ1n) is 6.49. The summed E-state index contributed by atoms with van der Waals surface area (Å²) in [5.41, 5.74) is 3.69. The number of carbonyl (C=O) groups is 1. The quantitative estimate of drug-likeness (QED) is 0.508. The molecule has 1 aromatic heterocycles. The average Bonchev–Trinajstić information content (AvgIpc) is 2.93. The van der Waals surface area contributed by atoms with E-state index in [2.05, 4.69) is 0 Å². The zero-order valence-corrected chi connectivity index (χ0v) is 11.2. The van der Waals surface area contributed by atoms with Crippen molar-refractivity contribution in [1.29, 1.82) is 0 Å². The fourth-order valence-corrected chi connectivity index (χ4v) is 2.07. The molecule has 3 aromatic rings. The maximum Gasteiger partial charge on any atom is 0.185 e. The summed E-state index contributed by atoms with van der Waals surface area (Å²) in [5, 5.41) is 0.944. The molecule has 2 nitrogen and oxygen atoms in total. The van der Waals surface area contributed by atoms with E-state index in [9.17, 15) is 4.79 Å². The van der Waals surface area contributed by atoms with E-state index in [1.54, 1.807) is 18.4 Å². The second-order valence-corrected chi connectivity index (χ2v) is 4.78. The smallest absolute Gasteiger partial charge is 0.185 e. The topological polar surface area (TPSA) is 30.2 Å². The largest absolute Gasteiger partial charge is 0.464 e. The molecule has 0 spiro atoms. The van der Waals surface area contributed by atoms with Gasteiger partial charge in [0.25, 0.3) is 0 Å². The third-order valence-corrected chi connectivity index (χ3v) is 3.24. The van der Waals surface area contributed by atoms with Gasteiger partial charge in [0.2, 0.25) is 0 Å². The Bertz CT molecular complexity index is 777. The van der Waals surface area contributed by atoms with E-state index in [-0.39, 0.29) is 5.78 Å². The second-order valence-electron chi connectivity index (χ2n) is 4.78. The molecule has 0 atom stereocenters. The van der Waals surface area contributed by atoms with Crippen LogP contribution in [-0.4, -0.2) is 5.78 Å². The molecule has 0 radical (unpaired) electrons. The molecule has 2 heteroatoms. The van der Waals surface area contributed by atoms with Crippen LogP contribution in [0.15, 0.2) is 65.3 Å². The number of allylic oxidation sites excluding steroid dienone is 1. The molecule has 0 aliphatic heterocycles. The van der Waals surface area contributed by atoms with E-state index >= 15 is 0 Å². The van der Waals surface area contributed by atoms with Crippen LogP contribution in [0.2, 0.25) is 0 Å². The Labute approximate surface area is 117 Å². The minimum absolute atomic E-state index is 0.00586. The van der Waals surface area contributed by atoms with E-state index in [1.807, 2.05) is 55.5 Å². The van der Waals surface area contributed by atoms with Crippen molar-refractivity contribution < 1.29 is 9.21 Å². The van der Waals surface area contributed by atoms with Gasteiger partial charge < -0.3 is 4.42 Å². The standard InChI is InChI=1S/C18H14O2/c1-13-2-4-14(5-3-13)6-8-17(19)15-7-9-18-16(12-15)10-11-20-18/h2-12H,1H3. The van der Waals surface area contributed by atoms with Gasteiger partial charge in [-0.25, -0.2) is 0 Å². The minimum atomic E-state index is -0.00586. The predicted molar refractivity (Wildman–Crippen MR) is 80.8 cm³/mol. The van der Waals surface area contributed by atoms with Crippen LogP contribution in [0.25, 0.3) is 17.0 Å². The van der Waals surface area contributed by atoms with Gasteiger partial charge in [-0.15, -0.1) is 0 Å². The van der Waals surface area contributed by atoms with E-state index in [4.69, 9.17) is 4.42 Å². The van der Waals surface area contributed by atoms with Crippen LogP contribution < -0.4 is 0 Å². The van der Waals surface area contributed by atoms with Crippen LogP contribution >= 0.6 is 0 Å². The van der Waals surface area contributed by atoms with Crippen LogP contribution in [0.3, 0.4) is 0 Å². The van der Waals surface area contributed by atoms with E-state index in [1.165, 1.54) is 5.56 Å². The molecular weight excluding hydrogens is 248 g/mol. The van der Waals surface area contributed by atoms with Crippen LogP contribution in [0.1, 0.15) is 21.5 Å². The van der Waals surface area contributed by atoms with Crippen molar-refractivity contribution >= 4 is 22.8 Å². The SMILES string of the molecule is Cc1ccc(C=CC(=O)c2ccc3occc3c2)cc1. The molecule has 0 saturated heterocycles. The third kappa shape index (κ3) is 2.54. The van der Waals surface area contributed by atoms with E-state index in [0.717, 1.165) is 16.5 Å². The van der Waals surface area contributed by atoms with Crippen molar-refractivity contribution in [1.82, 2.24) is 0 Å². The number of hydrogen-bond acceptors (Lipinski definition) is 2. The van der Waals surface area contributed by atoms with Gasteiger partial charge in [-0.2, -0.15) is 0 Å². The lowest BCUT2D eigenvalue weighted by Crippen LogP contribution is -1.93. The molecule has 0 unspecified atom stereocenters. The molecule has 1 heterocycles. The van der Waals surface area contributed by atoms with Crippen LogP contribution in [0.5, 0.6) is 0 Å². The van der Waals surface area contributed by atoms with E-state index < -0.39 is 0 Å². The summed E-state index contributed by atoms with van der Waals surface area (Å²) in [7, 11) is 0. The van der Waals surface area contributed by atoms with Gasteiger partial charge >= 0.3 is 0 Å². The van der Waals surface area contributed by atoms with Crippen LogP contribution in [0.4, 0.5) is 0 Å². The lowest BCUT2D eigenvalue weighted by molar-refractivity contribution is 0.104. The monoisotopic (exact) mass is 262 g/mol. The number of hydrogen-bond donors (Lipinski definition) is 0. The molecule has 0 fully saturated rings. The fourth-order valence-electron chi connectivity index (χ4n) is 2.07. The van der Waals surface area contributed by atoms with Crippen molar-refractivity contribution in [2.24, 2.45) is 0 Å². The Morgan fingerprint density at radius 3 is 2.65 bits per heavy atom. The highest BCUT2D eigenvalue weighted by Gasteiger charge is 2.04. The summed E-state index contributed by atoms with van der Waals surface area (Å²) in [4.78, 5) is 12.1. The molecule has 2 aromatic carbocycles. The maximum atomic E-state index is 12.1. The summed E-state index contributed by atoms with van der Waals surface area (Å²) in [6, 6.07) is 15.4. The van der Waals surface area contributed by atoms with Gasteiger partial charge in [0.15, 0.2) is 5.78 Å². The summed E-state index contributed by atoms with van der Waals surface area (Å²) < 4.78 is 5.26. The minimum Gasteiger partial charge on any atom is -0.464 e. The number of ketones is 1. The molecule has 0 aliphatic carbocycles. The Kier molecular flexibility index (Phi) is 3.21. The number of benzene rings is 2. The van der Waals surface area contributed by atoms with Gasteiger partial charge in [0.05, 0.1) is 6.26 Å². The normalized spacial score (nSPS) is 11.2. The highest BCUT2D eigenvalue weighted by molar-refractivity contribution is 6.08. The van der Waals surface area contributed by atoms with Crippen molar-refractivity contribution in [3.63, 3.8) is 0 Å². The van der Waals surface area contributed by atoms with Crippen LogP contribution in [-0.2, 0) is 0 Å². The number of furan rings is 1. The molecule has 3 rings (SSSR count). The molecule has 0 bridgehead atoms. The third-order valence-electron chi connectivity index (χ3n) is 3.24. The second kappa shape index (κ2) is 5.17. The summed E-state index contributed by atoms with van der Waals surface area (Å²) >= 11 is 0. The van der Waals surface area contributed by atoms with Crippen molar-refractivity contribution in [3.8, 4) is 0 Å². The first kappa shape index (κ1) is 12.4. The first-order valence-corrected chi connectivity index (χ1v) is 6.49. The van der Waals surface area contributed by atoms with Crippen molar-refractivity contribution in [2.45, 2.75) is 6.92 Å². The number of fused-ring (bicyclic) bond motifs is 1. The fraction of sp³-hybridized carbons (Fsp3) is 0.0556. The van der Waals surface area contributed by atoms with Crippen molar-refractivity contribution in [2.75, 3.05) is 0 Å². The Morgan fingerprint density at radius 1 is 1.05 bits per heavy atom. The Balaban J connectivity index is 1.83. The Hall–Kier alpha value is -2.61. The maximum absolute atomic E-state index is 12.1. The first-order chi connectivity index (χ1) is 9.72. The van der Waals surface area contributed by atoms with Gasteiger partial charge in [-0.1, -0.05) is 35.9 Å². The molecule has 0 amide bonds. The molecule has 98 valence electrons. The summed E-state index contributed by atoms with van der Waals surface area (Å²) in [6.07, 6.45) is 5.06. The number of rotatable bonds is 3. The molecule has 0 N–H and O–H groups in total. The molecule has 0 saturated carbocycles. The predicted octanol–water partition coefficient (Wildman–Crippen LogP) is 4.64. The van der Waals surface area contributed by atoms with Gasteiger partial charge in [0.1, 0.15) is 5.58 Å². The lowest BCUT2D eigenvalue weighted by atomic mass is 10.1. The summed E-state index contributed by atoms with van der Waals surface area (Å²) in [5.74, 6) is -0.00586. The molecule has 20 heavy (non-hydrogen) atoms. The highest BCUT2D eigenvalue weighted by Crippen LogP contribution is 2.17. The van der Waals surface area contributed by atoms with Crippen LogP contribution in [0, 0.1) is 6.92 Å².